The van der Waals surface area contributed by atoms with E-state index < -0.39 is 0 Å². The summed E-state index contributed by atoms with van der Waals surface area (Å²) < 4.78 is 0. The van der Waals surface area contributed by atoms with Gasteiger partial charge in [0.1, 0.15) is 0 Å². The Morgan fingerprint density at radius 3 is 2.92 bits per heavy atom. The molecule has 2 rings (SSSR count). The molecule has 0 atom stereocenters. The summed E-state index contributed by atoms with van der Waals surface area (Å²) in [6.07, 6.45) is 5.62. The fraction of sp³-hybridized carbons (Fsp3) is 0.500. The number of aryl methyl sites for hydroxylation is 1. The molecule has 70 valence electrons. The fourth-order valence-corrected chi connectivity index (χ4v) is 1.58. The number of nitrogens with one attached hydrogen (secondary N) is 1. The standard InChI is InChI=1S/C10H13ClN2/c1-7-5-9(10(11)12-6-7)13-8-3-2-4-8/h5-6,8,13H,2-4H2,1H3. The lowest BCUT2D eigenvalue weighted by Gasteiger charge is -2.27. The number of hydrogen-bond donors (Lipinski definition) is 1. The Bertz CT molecular complexity index is 308. The van der Waals surface area contributed by atoms with Crippen LogP contribution in [0.5, 0.6) is 0 Å². The molecule has 0 saturated heterocycles. The van der Waals surface area contributed by atoms with Crippen molar-refractivity contribution in [3.8, 4) is 0 Å². The highest BCUT2D eigenvalue weighted by Gasteiger charge is 2.17. The van der Waals surface area contributed by atoms with E-state index in [1.54, 1.807) is 6.20 Å². The predicted octanol–water partition coefficient (Wildman–Crippen LogP) is 3.01. The Morgan fingerprint density at radius 2 is 2.31 bits per heavy atom. The van der Waals surface area contributed by atoms with Crippen molar-refractivity contribution in [1.29, 1.82) is 0 Å². The molecule has 13 heavy (non-hydrogen) atoms. The molecule has 1 heterocycles. The summed E-state index contributed by atoms with van der Waals surface area (Å²) in [6, 6.07) is 2.66. The van der Waals surface area contributed by atoms with Gasteiger partial charge in [0, 0.05) is 12.2 Å². The molecule has 1 fully saturated rings. The van der Waals surface area contributed by atoms with Gasteiger partial charge in [-0.3, -0.25) is 0 Å². The van der Waals surface area contributed by atoms with Crippen LogP contribution in [0.15, 0.2) is 12.3 Å². The molecular formula is C10H13ClN2. The summed E-state index contributed by atoms with van der Waals surface area (Å²) in [7, 11) is 0. The predicted molar refractivity (Wildman–Crippen MR) is 55.2 cm³/mol. The van der Waals surface area contributed by atoms with E-state index in [-0.39, 0.29) is 0 Å². The van der Waals surface area contributed by atoms with Crippen LogP contribution >= 0.6 is 11.6 Å². The van der Waals surface area contributed by atoms with Gasteiger partial charge in [0.2, 0.25) is 0 Å². The van der Waals surface area contributed by atoms with Gasteiger partial charge in [0.25, 0.3) is 0 Å². The van der Waals surface area contributed by atoms with Crippen LogP contribution in [0.4, 0.5) is 5.69 Å². The highest BCUT2D eigenvalue weighted by Crippen LogP contribution is 2.27. The molecule has 1 saturated carbocycles. The third-order valence-electron chi connectivity index (χ3n) is 2.44. The molecule has 0 amide bonds. The molecular weight excluding hydrogens is 184 g/mol. The molecule has 0 bridgehead atoms. The van der Waals surface area contributed by atoms with E-state index in [0.29, 0.717) is 11.2 Å². The van der Waals surface area contributed by atoms with Gasteiger partial charge < -0.3 is 5.32 Å². The smallest absolute Gasteiger partial charge is 0.152 e. The number of pyridine rings is 1. The zero-order valence-electron chi connectivity index (χ0n) is 7.68. The van der Waals surface area contributed by atoms with E-state index in [4.69, 9.17) is 11.6 Å². The molecule has 0 unspecified atom stereocenters. The number of nitrogens with zero attached hydrogens (tertiary/aromatic N) is 1. The Kier molecular flexibility index (Phi) is 2.40. The van der Waals surface area contributed by atoms with E-state index in [0.717, 1.165) is 11.3 Å². The van der Waals surface area contributed by atoms with Gasteiger partial charge in [-0.15, -0.1) is 0 Å². The minimum absolute atomic E-state index is 0.581. The normalized spacial score (nSPS) is 16.8. The minimum atomic E-state index is 0.581. The lowest BCUT2D eigenvalue weighted by atomic mass is 9.93. The average molecular weight is 197 g/mol. The molecule has 1 aliphatic rings. The second-order valence-electron chi connectivity index (χ2n) is 3.62. The Morgan fingerprint density at radius 1 is 1.54 bits per heavy atom. The van der Waals surface area contributed by atoms with Crippen molar-refractivity contribution in [2.75, 3.05) is 5.32 Å². The molecule has 0 spiro atoms. The molecule has 2 nitrogen and oxygen atoms in total. The van der Waals surface area contributed by atoms with E-state index in [1.165, 1.54) is 19.3 Å². The molecule has 0 aromatic carbocycles. The highest BCUT2D eigenvalue weighted by atomic mass is 35.5. The Labute approximate surface area is 83.3 Å². The Hall–Kier alpha value is -0.760. The van der Waals surface area contributed by atoms with Crippen molar-refractivity contribution >= 4 is 17.3 Å². The molecule has 0 radical (unpaired) electrons. The van der Waals surface area contributed by atoms with Crippen LogP contribution in [-0.2, 0) is 0 Å². The van der Waals surface area contributed by atoms with Crippen molar-refractivity contribution in [1.82, 2.24) is 4.98 Å². The average Bonchev–Trinajstić information content (AvgIpc) is 2.03. The third kappa shape index (κ3) is 1.94. The summed E-state index contributed by atoms with van der Waals surface area (Å²) in [5, 5.41) is 3.97. The minimum Gasteiger partial charge on any atom is -0.380 e. The van der Waals surface area contributed by atoms with Crippen molar-refractivity contribution in [3.05, 3.63) is 23.0 Å². The summed E-state index contributed by atoms with van der Waals surface area (Å²) in [4.78, 5) is 4.09. The number of anilines is 1. The van der Waals surface area contributed by atoms with E-state index in [1.807, 2.05) is 13.0 Å². The topological polar surface area (TPSA) is 24.9 Å². The fourth-order valence-electron chi connectivity index (χ4n) is 1.43. The lowest BCUT2D eigenvalue weighted by Crippen LogP contribution is -2.27. The maximum atomic E-state index is 5.95. The van der Waals surface area contributed by atoms with Gasteiger partial charge in [-0.1, -0.05) is 11.6 Å². The molecule has 3 heteroatoms. The number of rotatable bonds is 2. The van der Waals surface area contributed by atoms with Gasteiger partial charge in [-0.2, -0.15) is 0 Å². The van der Waals surface area contributed by atoms with Crippen LogP contribution in [0.25, 0.3) is 0 Å². The van der Waals surface area contributed by atoms with Crippen molar-refractivity contribution in [3.63, 3.8) is 0 Å². The maximum absolute atomic E-state index is 5.95. The first-order chi connectivity index (χ1) is 6.25. The van der Waals surface area contributed by atoms with Gasteiger partial charge in [-0.05, 0) is 37.8 Å². The van der Waals surface area contributed by atoms with Crippen molar-refractivity contribution in [2.24, 2.45) is 0 Å². The molecule has 0 aliphatic heterocycles. The largest absolute Gasteiger partial charge is 0.380 e. The lowest BCUT2D eigenvalue weighted by molar-refractivity contribution is 0.445. The zero-order chi connectivity index (χ0) is 9.26. The third-order valence-corrected chi connectivity index (χ3v) is 2.74. The number of aromatic nitrogens is 1. The summed E-state index contributed by atoms with van der Waals surface area (Å²) in [6.45, 7) is 2.02. The van der Waals surface area contributed by atoms with Crippen LogP contribution in [-0.4, -0.2) is 11.0 Å². The number of hydrogen-bond acceptors (Lipinski definition) is 2. The first-order valence-electron chi connectivity index (χ1n) is 4.64. The van der Waals surface area contributed by atoms with Crippen LogP contribution in [0.2, 0.25) is 5.15 Å². The molecule has 1 aromatic rings. The summed E-state index contributed by atoms with van der Waals surface area (Å²) in [5.41, 5.74) is 2.12. The van der Waals surface area contributed by atoms with Gasteiger partial charge in [0.05, 0.1) is 5.69 Å². The molecule has 1 N–H and O–H groups in total. The summed E-state index contributed by atoms with van der Waals surface area (Å²) >= 11 is 5.95. The van der Waals surface area contributed by atoms with Crippen molar-refractivity contribution < 1.29 is 0 Å². The monoisotopic (exact) mass is 196 g/mol. The SMILES string of the molecule is Cc1cnc(Cl)c(NC2CCC2)c1. The van der Waals surface area contributed by atoms with E-state index >= 15 is 0 Å². The van der Waals surface area contributed by atoms with Gasteiger partial charge in [0.15, 0.2) is 5.15 Å². The van der Waals surface area contributed by atoms with E-state index in [9.17, 15) is 0 Å². The molecule has 1 aromatic heterocycles. The highest BCUT2D eigenvalue weighted by molar-refractivity contribution is 6.31. The second kappa shape index (κ2) is 3.54. The van der Waals surface area contributed by atoms with Crippen LogP contribution < -0.4 is 5.32 Å². The maximum Gasteiger partial charge on any atom is 0.152 e. The van der Waals surface area contributed by atoms with Gasteiger partial charge >= 0.3 is 0 Å². The number of halogens is 1. The first kappa shape index (κ1) is 8.82. The van der Waals surface area contributed by atoms with Crippen LogP contribution in [0, 0.1) is 6.92 Å². The Balaban J connectivity index is 2.13. The van der Waals surface area contributed by atoms with Gasteiger partial charge in [-0.25, -0.2) is 4.98 Å². The zero-order valence-corrected chi connectivity index (χ0v) is 8.43. The summed E-state index contributed by atoms with van der Waals surface area (Å²) in [5.74, 6) is 0. The van der Waals surface area contributed by atoms with Crippen LogP contribution in [0.3, 0.4) is 0 Å². The quantitative estimate of drug-likeness (QED) is 0.736. The van der Waals surface area contributed by atoms with E-state index in [2.05, 4.69) is 10.3 Å². The van der Waals surface area contributed by atoms with Crippen LogP contribution in [0.1, 0.15) is 24.8 Å². The second-order valence-corrected chi connectivity index (χ2v) is 3.98. The molecule has 1 aliphatic carbocycles. The van der Waals surface area contributed by atoms with Crippen molar-refractivity contribution in [2.45, 2.75) is 32.2 Å². The first-order valence-corrected chi connectivity index (χ1v) is 5.02.